The van der Waals surface area contributed by atoms with Crippen LogP contribution in [-0.2, 0) is 28.1 Å². The molecular weight excluding hydrogens is 344 g/mol. The van der Waals surface area contributed by atoms with Crippen molar-refractivity contribution in [2.45, 2.75) is 7.43 Å². The van der Waals surface area contributed by atoms with Crippen molar-refractivity contribution >= 4 is 5.82 Å². The molecule has 14 heavy (non-hydrogen) atoms. The quantitative estimate of drug-likeness (QED) is 0.544. The molecule has 2 nitrogen and oxygen atoms in total. The van der Waals surface area contributed by atoms with Crippen LogP contribution >= 0.6 is 0 Å². The molecule has 1 aromatic heterocycles. The zero-order chi connectivity index (χ0) is 8.43. The van der Waals surface area contributed by atoms with Crippen molar-refractivity contribution in [1.82, 2.24) is 0 Å². The maximum Gasteiger partial charge on any atom is 2.00 e. The number of rotatable bonds is 1. The summed E-state index contributed by atoms with van der Waals surface area (Å²) in [7, 11) is 6.06. The Balaban J connectivity index is -0.000000403. The van der Waals surface area contributed by atoms with Gasteiger partial charge in [0.2, 0.25) is 0 Å². The molecule has 0 N–H and O–H groups in total. The molecule has 0 radical (unpaired) electrons. The largest absolute Gasteiger partial charge is 2.00 e. The molecule has 0 aliphatic heterocycles. The van der Waals surface area contributed by atoms with Gasteiger partial charge in [-0.2, -0.15) is 13.0 Å². The van der Waals surface area contributed by atoms with Crippen molar-refractivity contribution in [1.29, 1.82) is 0 Å². The summed E-state index contributed by atoms with van der Waals surface area (Å²) in [5, 5.41) is 0. The van der Waals surface area contributed by atoms with Crippen LogP contribution in [0.4, 0.5) is 5.82 Å². The summed E-state index contributed by atoms with van der Waals surface area (Å²) in [5.74, 6) is 1.16. The Morgan fingerprint density at radius 1 is 1.29 bits per heavy atom. The number of anilines is 1. The molecule has 0 amide bonds. The monoisotopic (exact) mass is 365 g/mol. The number of nitrogens with zero attached hydrogens (tertiary/aromatic N) is 2. The van der Waals surface area contributed by atoms with Gasteiger partial charge in [0, 0.05) is 6.07 Å². The first-order valence-electron chi connectivity index (χ1n) is 3.61. The minimum Gasteiger partial charge on any atom is -0.358 e. The van der Waals surface area contributed by atoms with Crippen LogP contribution in [0, 0.1) is 14.4 Å². The van der Waals surface area contributed by atoms with Crippen molar-refractivity contribution in [2.24, 2.45) is 7.05 Å². The Labute approximate surface area is 103 Å². The van der Waals surface area contributed by atoms with E-state index in [9.17, 15) is 0 Å². The first-order chi connectivity index (χ1) is 5.13. The molecule has 3 heteroatoms. The number of hydrogen-bond acceptors (Lipinski definition) is 1. The van der Waals surface area contributed by atoms with Gasteiger partial charge in [-0.25, -0.2) is 0 Å². The summed E-state index contributed by atoms with van der Waals surface area (Å²) < 4.78 is 2.06. The maximum absolute atomic E-state index is 3.90. The zero-order valence-electron chi connectivity index (χ0n) is 8.74. The molecule has 0 aliphatic rings. The number of hydrogen-bond donors (Lipinski definition) is 0. The Bertz CT molecular complexity index is 259. The summed E-state index contributed by atoms with van der Waals surface area (Å²) in [6.45, 7) is 3.90. The SMILES string of the molecule is C.[CH2-]c1cccc(N(C)C)[n+]1C.[CH3-].[W+2]. The molecule has 0 unspecified atom stereocenters. The third kappa shape index (κ3) is 4.15. The average Bonchev–Trinajstić information content (AvgIpc) is 1.94. The van der Waals surface area contributed by atoms with E-state index in [4.69, 9.17) is 0 Å². The van der Waals surface area contributed by atoms with Gasteiger partial charge in [0.05, 0.1) is 21.1 Å². The molecule has 0 aliphatic carbocycles. The fraction of sp³-hybridized carbons (Fsp3) is 0.364. The second-order valence-corrected chi connectivity index (χ2v) is 2.83. The predicted molar refractivity (Wildman–Crippen MR) is 59.5 cm³/mol. The van der Waals surface area contributed by atoms with Crippen LogP contribution in [0.3, 0.4) is 0 Å². The van der Waals surface area contributed by atoms with E-state index >= 15 is 0 Å². The topological polar surface area (TPSA) is 7.12 Å². The minimum atomic E-state index is 0. The van der Waals surface area contributed by atoms with E-state index in [2.05, 4.69) is 22.5 Å². The van der Waals surface area contributed by atoms with E-state index in [0.717, 1.165) is 11.5 Å². The van der Waals surface area contributed by atoms with E-state index in [1.807, 2.05) is 33.3 Å². The van der Waals surface area contributed by atoms with E-state index < -0.39 is 0 Å². The van der Waals surface area contributed by atoms with Crippen molar-refractivity contribution in [2.75, 3.05) is 19.0 Å². The molecule has 80 valence electrons. The normalized spacial score (nSPS) is 7.64. The van der Waals surface area contributed by atoms with Crippen molar-refractivity contribution in [3.63, 3.8) is 0 Å². The van der Waals surface area contributed by atoms with E-state index in [1.165, 1.54) is 0 Å². The Morgan fingerprint density at radius 3 is 2.14 bits per heavy atom. The third-order valence-electron chi connectivity index (χ3n) is 1.77. The maximum atomic E-state index is 3.90. The molecule has 1 heterocycles. The molecule has 0 atom stereocenters. The van der Waals surface area contributed by atoms with Crippen LogP contribution in [0.15, 0.2) is 18.2 Å². The zero-order valence-corrected chi connectivity index (χ0v) is 11.7. The Hall–Kier alpha value is -0.492. The van der Waals surface area contributed by atoms with Gasteiger partial charge in [-0.1, -0.05) is 7.43 Å². The summed E-state index contributed by atoms with van der Waals surface area (Å²) in [4.78, 5) is 2.06. The number of pyridine rings is 1. The van der Waals surface area contributed by atoms with Gasteiger partial charge in [-0.3, -0.25) is 9.47 Å². The molecular formula is C11H21N2W+. The summed E-state index contributed by atoms with van der Waals surface area (Å²) in [6.07, 6.45) is 0. The molecule has 0 fully saturated rings. The fourth-order valence-corrected chi connectivity index (χ4v) is 1.07. The van der Waals surface area contributed by atoms with Gasteiger partial charge in [0.15, 0.2) is 0 Å². The molecule has 1 rings (SSSR count). The van der Waals surface area contributed by atoms with Crippen molar-refractivity contribution in [3.8, 4) is 0 Å². The first-order valence-corrected chi connectivity index (χ1v) is 3.61. The molecule has 1 aromatic rings. The van der Waals surface area contributed by atoms with Crippen molar-refractivity contribution < 1.29 is 25.6 Å². The van der Waals surface area contributed by atoms with Gasteiger partial charge in [0.1, 0.15) is 0 Å². The van der Waals surface area contributed by atoms with Crippen LogP contribution in [0.1, 0.15) is 13.1 Å². The van der Waals surface area contributed by atoms with Crippen LogP contribution in [-0.4, -0.2) is 14.1 Å². The molecule has 0 spiro atoms. The molecule has 0 saturated carbocycles. The van der Waals surface area contributed by atoms with Gasteiger partial charge in [-0.15, -0.1) is 6.07 Å². The van der Waals surface area contributed by atoms with Crippen LogP contribution in [0.2, 0.25) is 0 Å². The third-order valence-corrected chi connectivity index (χ3v) is 1.77. The summed E-state index contributed by atoms with van der Waals surface area (Å²) >= 11 is 0. The average molecular weight is 365 g/mol. The van der Waals surface area contributed by atoms with E-state index in [0.29, 0.717) is 0 Å². The van der Waals surface area contributed by atoms with Crippen LogP contribution in [0.5, 0.6) is 0 Å². The van der Waals surface area contributed by atoms with Crippen LogP contribution in [0.25, 0.3) is 0 Å². The van der Waals surface area contributed by atoms with Gasteiger partial charge < -0.3 is 7.43 Å². The predicted octanol–water partition coefficient (Wildman–Crippen LogP) is 1.84. The van der Waals surface area contributed by atoms with Gasteiger partial charge in [-0.05, 0) is 5.69 Å². The second-order valence-electron chi connectivity index (χ2n) is 2.83. The Kier molecular flexibility index (Phi) is 10.8. The second kappa shape index (κ2) is 7.87. The van der Waals surface area contributed by atoms with E-state index in [-0.39, 0.29) is 35.9 Å². The minimum absolute atomic E-state index is 0. The molecule has 0 bridgehead atoms. The Morgan fingerprint density at radius 2 is 1.79 bits per heavy atom. The molecule has 0 aromatic carbocycles. The fourth-order valence-electron chi connectivity index (χ4n) is 1.07. The molecule has 0 saturated heterocycles. The summed E-state index contributed by atoms with van der Waals surface area (Å²) in [5.41, 5.74) is 1.02. The van der Waals surface area contributed by atoms with Gasteiger partial charge >= 0.3 is 21.1 Å². The number of aromatic nitrogens is 1. The first kappa shape index (κ1) is 19.1. The van der Waals surface area contributed by atoms with Crippen molar-refractivity contribution in [3.05, 3.63) is 38.2 Å². The summed E-state index contributed by atoms with van der Waals surface area (Å²) in [6, 6.07) is 6.07. The van der Waals surface area contributed by atoms with Crippen LogP contribution < -0.4 is 9.47 Å². The smallest absolute Gasteiger partial charge is 0.358 e. The van der Waals surface area contributed by atoms with E-state index in [1.54, 1.807) is 0 Å². The standard InChI is InChI=1S/C9H14N2.CH4.CH3.W/c1-8-6-5-7-9(10(2)3)11(8)4;;;/h5-7H,1H2,2-4H3;1H4;1H3;/q;;-1;+2. The van der Waals surface area contributed by atoms with Gasteiger partial charge in [0.25, 0.3) is 5.82 Å².